The monoisotopic (exact) mass is 356 g/mol. The Morgan fingerprint density at radius 3 is 2.60 bits per heavy atom. The molecule has 2 fully saturated rings. The minimum atomic E-state index is -0.155. The van der Waals surface area contributed by atoms with Crippen molar-refractivity contribution in [2.45, 2.75) is 44.6 Å². The summed E-state index contributed by atoms with van der Waals surface area (Å²) in [6.45, 7) is 0. The molecule has 6 nitrogen and oxygen atoms in total. The van der Waals surface area contributed by atoms with E-state index in [1.807, 2.05) is 18.2 Å². The maximum atomic E-state index is 12.7. The van der Waals surface area contributed by atoms with Crippen LogP contribution in [0.1, 0.15) is 48.2 Å². The van der Waals surface area contributed by atoms with E-state index in [0.717, 1.165) is 50.1 Å². The van der Waals surface area contributed by atoms with Gasteiger partial charge in [-0.1, -0.05) is 18.9 Å². The fourth-order valence-electron chi connectivity index (χ4n) is 3.13. The first kappa shape index (κ1) is 16.2. The first-order valence-electron chi connectivity index (χ1n) is 8.75. The molecule has 7 heteroatoms. The van der Waals surface area contributed by atoms with Crippen LogP contribution in [0.15, 0.2) is 24.4 Å². The molecule has 0 spiro atoms. The third kappa shape index (κ3) is 3.56. The van der Waals surface area contributed by atoms with Crippen LogP contribution in [0.5, 0.6) is 0 Å². The van der Waals surface area contributed by atoms with Gasteiger partial charge in [-0.15, -0.1) is 0 Å². The van der Waals surface area contributed by atoms with E-state index in [9.17, 15) is 9.59 Å². The van der Waals surface area contributed by atoms with Gasteiger partial charge in [0.1, 0.15) is 10.6 Å². The number of nitrogens with zero attached hydrogens (tertiary/aromatic N) is 2. The average molecular weight is 356 g/mol. The molecule has 2 aromatic rings. The Kier molecular flexibility index (Phi) is 4.48. The Morgan fingerprint density at radius 1 is 1.12 bits per heavy atom. The lowest BCUT2D eigenvalue weighted by atomic mass is 10.2. The molecule has 2 aromatic heterocycles. The number of carbonyl (C=O) groups excluding carboxylic acids is 2. The number of anilines is 1. The van der Waals surface area contributed by atoms with E-state index in [2.05, 4.69) is 20.0 Å². The molecule has 130 valence electrons. The van der Waals surface area contributed by atoms with Crippen molar-refractivity contribution >= 4 is 29.0 Å². The number of aromatic nitrogens is 2. The molecule has 4 rings (SSSR count). The predicted molar refractivity (Wildman–Crippen MR) is 96.4 cm³/mol. The second-order valence-corrected chi connectivity index (χ2v) is 7.44. The summed E-state index contributed by atoms with van der Waals surface area (Å²) < 4.78 is 4.42. The molecular weight excluding hydrogens is 336 g/mol. The summed E-state index contributed by atoms with van der Waals surface area (Å²) in [5.74, 6) is -0.132. The smallest absolute Gasteiger partial charge is 0.265 e. The third-order valence-electron chi connectivity index (χ3n) is 4.69. The average Bonchev–Trinajstić information content (AvgIpc) is 3.21. The molecule has 0 aromatic carbocycles. The molecule has 0 unspecified atom stereocenters. The van der Waals surface area contributed by atoms with Crippen molar-refractivity contribution in [3.05, 3.63) is 29.3 Å². The lowest BCUT2D eigenvalue weighted by molar-refractivity contribution is -0.117. The number of amides is 2. The van der Waals surface area contributed by atoms with Crippen LogP contribution in [0.2, 0.25) is 0 Å². The number of rotatable bonds is 5. The van der Waals surface area contributed by atoms with E-state index in [-0.39, 0.29) is 23.8 Å². The van der Waals surface area contributed by atoms with Crippen LogP contribution in [0.3, 0.4) is 0 Å². The van der Waals surface area contributed by atoms with Gasteiger partial charge in [-0.2, -0.15) is 4.37 Å². The zero-order valence-corrected chi connectivity index (χ0v) is 14.6. The highest BCUT2D eigenvalue weighted by Crippen LogP contribution is 2.36. The van der Waals surface area contributed by atoms with E-state index < -0.39 is 0 Å². The van der Waals surface area contributed by atoms with Crippen LogP contribution in [0.25, 0.3) is 11.4 Å². The topological polar surface area (TPSA) is 84.0 Å². The number of pyridine rings is 1. The van der Waals surface area contributed by atoms with Crippen molar-refractivity contribution in [1.29, 1.82) is 0 Å². The molecule has 2 amide bonds. The van der Waals surface area contributed by atoms with Crippen LogP contribution >= 0.6 is 11.5 Å². The molecular formula is C18H20N4O2S. The standard InChI is InChI=1S/C18H20N4O2S/c23-17(11-8-9-11)21-15-14(13-7-3-4-10-19-13)22-25-16(15)18(24)20-12-5-1-2-6-12/h3-4,7,10-12H,1-2,5-6,8-9H2,(H,20,24)(H,21,23). The minimum Gasteiger partial charge on any atom is -0.348 e. The predicted octanol–water partition coefficient (Wildman–Crippen LogP) is 3.23. The Bertz CT molecular complexity index is 780. The zero-order chi connectivity index (χ0) is 17.2. The summed E-state index contributed by atoms with van der Waals surface area (Å²) in [5, 5.41) is 6.01. The molecule has 0 atom stereocenters. The van der Waals surface area contributed by atoms with Crippen molar-refractivity contribution < 1.29 is 9.59 Å². The maximum absolute atomic E-state index is 12.7. The first-order valence-corrected chi connectivity index (χ1v) is 9.52. The Balaban J connectivity index is 1.64. The van der Waals surface area contributed by atoms with Crippen molar-refractivity contribution in [3.63, 3.8) is 0 Å². The molecule has 2 N–H and O–H groups in total. The molecule has 2 aliphatic rings. The van der Waals surface area contributed by atoms with E-state index in [1.165, 1.54) is 0 Å². The molecule has 0 saturated heterocycles. The Morgan fingerprint density at radius 2 is 1.92 bits per heavy atom. The lowest BCUT2D eigenvalue weighted by Gasteiger charge is -2.12. The zero-order valence-electron chi connectivity index (χ0n) is 13.8. The van der Waals surface area contributed by atoms with E-state index in [0.29, 0.717) is 22.0 Å². The first-order chi connectivity index (χ1) is 12.2. The van der Waals surface area contributed by atoms with Crippen LogP contribution in [0, 0.1) is 5.92 Å². The summed E-state index contributed by atoms with van der Waals surface area (Å²) in [7, 11) is 0. The van der Waals surface area contributed by atoms with Gasteiger partial charge in [-0.3, -0.25) is 14.6 Å². The molecule has 0 aliphatic heterocycles. The van der Waals surface area contributed by atoms with Gasteiger partial charge >= 0.3 is 0 Å². The Labute approximate surface area is 150 Å². The highest BCUT2D eigenvalue weighted by molar-refractivity contribution is 7.09. The quantitative estimate of drug-likeness (QED) is 0.861. The largest absolute Gasteiger partial charge is 0.348 e. The second-order valence-electron chi connectivity index (χ2n) is 6.67. The maximum Gasteiger partial charge on any atom is 0.265 e. The number of carbonyl (C=O) groups is 2. The normalized spacial score (nSPS) is 17.4. The van der Waals surface area contributed by atoms with Gasteiger partial charge in [-0.25, -0.2) is 0 Å². The fourth-order valence-corrected chi connectivity index (χ4v) is 3.88. The SMILES string of the molecule is O=C(NC1CCCC1)c1snc(-c2ccccn2)c1NC(=O)C1CC1. The summed E-state index contributed by atoms with van der Waals surface area (Å²) in [6.07, 6.45) is 7.83. The molecule has 0 bridgehead atoms. The fraction of sp³-hybridized carbons (Fsp3) is 0.444. The van der Waals surface area contributed by atoms with Gasteiger partial charge in [0.15, 0.2) is 0 Å². The summed E-state index contributed by atoms with van der Waals surface area (Å²) in [4.78, 5) is 29.8. The van der Waals surface area contributed by atoms with Gasteiger partial charge in [0.05, 0.1) is 11.4 Å². The lowest BCUT2D eigenvalue weighted by Crippen LogP contribution is -2.32. The molecule has 25 heavy (non-hydrogen) atoms. The molecule has 2 saturated carbocycles. The van der Waals surface area contributed by atoms with Crippen molar-refractivity contribution in [2.24, 2.45) is 5.92 Å². The molecule has 0 radical (unpaired) electrons. The molecule has 2 heterocycles. The summed E-state index contributed by atoms with van der Waals surface area (Å²) in [5.41, 5.74) is 1.72. The minimum absolute atomic E-state index is 0.0349. The van der Waals surface area contributed by atoms with Crippen LogP contribution in [0.4, 0.5) is 5.69 Å². The third-order valence-corrected chi connectivity index (χ3v) is 5.54. The number of nitrogens with one attached hydrogen (secondary N) is 2. The van der Waals surface area contributed by atoms with Crippen LogP contribution < -0.4 is 10.6 Å². The van der Waals surface area contributed by atoms with Gasteiger partial charge in [0.25, 0.3) is 5.91 Å². The van der Waals surface area contributed by atoms with E-state index >= 15 is 0 Å². The summed E-state index contributed by atoms with van der Waals surface area (Å²) in [6, 6.07) is 5.75. The van der Waals surface area contributed by atoms with Gasteiger partial charge < -0.3 is 10.6 Å². The second kappa shape index (κ2) is 6.92. The van der Waals surface area contributed by atoms with Crippen molar-refractivity contribution in [3.8, 4) is 11.4 Å². The highest BCUT2D eigenvalue weighted by Gasteiger charge is 2.32. The number of hydrogen-bond acceptors (Lipinski definition) is 5. The van der Waals surface area contributed by atoms with Gasteiger partial charge in [0.2, 0.25) is 5.91 Å². The van der Waals surface area contributed by atoms with Gasteiger partial charge in [0, 0.05) is 18.2 Å². The van der Waals surface area contributed by atoms with Gasteiger partial charge in [-0.05, 0) is 49.3 Å². The highest BCUT2D eigenvalue weighted by atomic mass is 32.1. The van der Waals surface area contributed by atoms with Crippen LogP contribution in [-0.2, 0) is 4.79 Å². The molecule has 2 aliphatic carbocycles. The number of hydrogen-bond donors (Lipinski definition) is 2. The van der Waals surface area contributed by atoms with E-state index in [1.54, 1.807) is 6.20 Å². The summed E-state index contributed by atoms with van der Waals surface area (Å²) >= 11 is 1.12. The Hall–Kier alpha value is -2.28. The van der Waals surface area contributed by atoms with Crippen molar-refractivity contribution in [2.75, 3.05) is 5.32 Å². The van der Waals surface area contributed by atoms with Crippen molar-refractivity contribution in [1.82, 2.24) is 14.7 Å². The van der Waals surface area contributed by atoms with Crippen LogP contribution in [-0.4, -0.2) is 27.2 Å². The van der Waals surface area contributed by atoms with E-state index in [4.69, 9.17) is 0 Å².